The van der Waals surface area contributed by atoms with Crippen LogP contribution in [0.5, 0.6) is 5.75 Å². The average Bonchev–Trinajstić information content (AvgIpc) is 3.21. The van der Waals surface area contributed by atoms with Crippen LogP contribution in [0.1, 0.15) is 18.1 Å². The van der Waals surface area contributed by atoms with E-state index in [1.165, 1.54) is 23.5 Å². The summed E-state index contributed by atoms with van der Waals surface area (Å²) in [6.45, 7) is 4.79. The molecule has 0 spiro atoms. The number of aromatic nitrogens is 3. The van der Waals surface area contributed by atoms with Gasteiger partial charge in [0.1, 0.15) is 5.75 Å². The lowest BCUT2D eigenvalue weighted by atomic mass is 10.1. The fraction of sp³-hybridized carbons (Fsp3) is 0.217. The summed E-state index contributed by atoms with van der Waals surface area (Å²) < 4.78 is 7.29. The number of amides is 1. The Morgan fingerprint density at radius 3 is 2.71 bits per heavy atom. The van der Waals surface area contributed by atoms with Gasteiger partial charge in [0, 0.05) is 23.9 Å². The van der Waals surface area contributed by atoms with Gasteiger partial charge in [-0.25, -0.2) is 5.43 Å². The molecule has 0 aliphatic rings. The summed E-state index contributed by atoms with van der Waals surface area (Å²) in [6, 6.07) is 15.8. The van der Waals surface area contributed by atoms with Crippen molar-refractivity contribution in [3.05, 3.63) is 65.7 Å². The lowest BCUT2D eigenvalue weighted by Gasteiger charge is -2.07. The lowest BCUT2D eigenvalue weighted by molar-refractivity contribution is -0.118. The molecule has 3 aromatic rings. The number of thioether (sulfide) groups is 1. The molecule has 0 aliphatic carbocycles. The largest absolute Gasteiger partial charge is 0.496 e. The fourth-order valence-corrected chi connectivity index (χ4v) is 3.66. The number of benzene rings is 2. The number of carbonyl (C=O) groups is 1. The van der Waals surface area contributed by atoms with E-state index in [1.54, 1.807) is 13.2 Å². The predicted octanol–water partition coefficient (Wildman–Crippen LogP) is 4.19. The average molecular weight is 436 g/mol. The molecule has 1 N–H and O–H groups in total. The van der Waals surface area contributed by atoms with Crippen LogP contribution in [0.25, 0.3) is 17.5 Å². The zero-order chi connectivity index (χ0) is 22.1. The van der Waals surface area contributed by atoms with Crippen molar-refractivity contribution in [2.24, 2.45) is 5.10 Å². The van der Waals surface area contributed by atoms with Crippen LogP contribution in [0.4, 0.5) is 0 Å². The van der Waals surface area contributed by atoms with Crippen LogP contribution in [-0.4, -0.2) is 39.7 Å². The second-order valence-electron chi connectivity index (χ2n) is 6.62. The molecule has 160 valence electrons. The SMILES string of the molecule is CCn1c(SCC(=O)N/N=C/C=C\c2ccccc2OC)nnc1-c1ccc(C)cc1. The fourth-order valence-electron chi connectivity index (χ4n) is 2.86. The van der Waals surface area contributed by atoms with E-state index in [2.05, 4.69) is 20.7 Å². The van der Waals surface area contributed by atoms with Crippen molar-refractivity contribution in [1.82, 2.24) is 20.2 Å². The highest BCUT2D eigenvalue weighted by atomic mass is 32.2. The summed E-state index contributed by atoms with van der Waals surface area (Å²) in [5.74, 6) is 1.55. The number of carbonyl (C=O) groups excluding carboxylic acids is 1. The summed E-state index contributed by atoms with van der Waals surface area (Å²) >= 11 is 1.33. The van der Waals surface area contributed by atoms with Gasteiger partial charge in [0.15, 0.2) is 11.0 Å². The van der Waals surface area contributed by atoms with Crippen molar-refractivity contribution >= 4 is 30.0 Å². The van der Waals surface area contributed by atoms with Gasteiger partial charge in [0.25, 0.3) is 5.91 Å². The van der Waals surface area contributed by atoms with E-state index in [9.17, 15) is 4.79 Å². The van der Waals surface area contributed by atoms with Crippen molar-refractivity contribution in [3.63, 3.8) is 0 Å². The zero-order valence-electron chi connectivity index (χ0n) is 17.8. The molecule has 0 saturated heterocycles. The van der Waals surface area contributed by atoms with Gasteiger partial charge in [-0.2, -0.15) is 5.10 Å². The third-order valence-electron chi connectivity index (χ3n) is 4.44. The Morgan fingerprint density at radius 1 is 1.19 bits per heavy atom. The minimum Gasteiger partial charge on any atom is -0.496 e. The number of nitrogens with zero attached hydrogens (tertiary/aromatic N) is 4. The van der Waals surface area contributed by atoms with Crippen LogP contribution >= 0.6 is 11.8 Å². The van der Waals surface area contributed by atoms with Crippen molar-refractivity contribution in [3.8, 4) is 17.1 Å². The second-order valence-corrected chi connectivity index (χ2v) is 7.56. The third-order valence-corrected chi connectivity index (χ3v) is 5.41. The molecular weight excluding hydrogens is 410 g/mol. The molecular formula is C23H25N5O2S. The number of ether oxygens (including phenoxy) is 1. The molecule has 0 bridgehead atoms. The van der Waals surface area contributed by atoms with E-state index in [1.807, 2.05) is 73.0 Å². The number of hydrogen-bond donors (Lipinski definition) is 1. The predicted molar refractivity (Wildman–Crippen MR) is 125 cm³/mol. The van der Waals surface area contributed by atoms with E-state index >= 15 is 0 Å². The Morgan fingerprint density at radius 2 is 1.97 bits per heavy atom. The molecule has 0 atom stereocenters. The Labute approximate surface area is 186 Å². The van der Waals surface area contributed by atoms with Crippen LogP contribution in [0.2, 0.25) is 0 Å². The maximum atomic E-state index is 12.1. The van der Waals surface area contributed by atoms with Gasteiger partial charge in [0.05, 0.1) is 12.9 Å². The van der Waals surface area contributed by atoms with Gasteiger partial charge in [0.2, 0.25) is 0 Å². The highest BCUT2D eigenvalue weighted by molar-refractivity contribution is 7.99. The number of methoxy groups -OCH3 is 1. The molecule has 2 aromatic carbocycles. The zero-order valence-corrected chi connectivity index (χ0v) is 18.6. The number of hydrazone groups is 1. The van der Waals surface area contributed by atoms with Crippen LogP contribution < -0.4 is 10.2 Å². The Balaban J connectivity index is 1.53. The Bertz CT molecular complexity index is 1070. The third kappa shape index (κ3) is 6.05. The summed E-state index contributed by atoms with van der Waals surface area (Å²) in [6.07, 6.45) is 5.13. The van der Waals surface area contributed by atoms with Gasteiger partial charge in [-0.05, 0) is 32.1 Å². The molecule has 1 aromatic heterocycles. The molecule has 0 unspecified atom stereocenters. The Hall–Kier alpha value is -3.39. The maximum absolute atomic E-state index is 12.1. The second kappa shape index (κ2) is 11.1. The monoisotopic (exact) mass is 435 g/mol. The van der Waals surface area contributed by atoms with E-state index in [4.69, 9.17) is 4.74 Å². The highest BCUT2D eigenvalue weighted by Crippen LogP contribution is 2.24. The molecule has 3 rings (SSSR count). The highest BCUT2D eigenvalue weighted by Gasteiger charge is 2.14. The minimum absolute atomic E-state index is 0.194. The molecule has 8 heteroatoms. The van der Waals surface area contributed by atoms with Gasteiger partial charge in [-0.3, -0.25) is 4.79 Å². The van der Waals surface area contributed by atoms with Gasteiger partial charge >= 0.3 is 0 Å². The molecule has 0 radical (unpaired) electrons. The summed E-state index contributed by atoms with van der Waals surface area (Å²) in [5, 5.41) is 13.2. The van der Waals surface area contributed by atoms with E-state index < -0.39 is 0 Å². The van der Waals surface area contributed by atoms with Crippen molar-refractivity contribution in [2.75, 3.05) is 12.9 Å². The molecule has 31 heavy (non-hydrogen) atoms. The van der Waals surface area contributed by atoms with Crippen LogP contribution in [-0.2, 0) is 11.3 Å². The molecule has 1 heterocycles. The van der Waals surface area contributed by atoms with Crippen molar-refractivity contribution in [1.29, 1.82) is 0 Å². The number of rotatable bonds is 9. The summed E-state index contributed by atoms with van der Waals surface area (Å²) in [4.78, 5) is 12.1. The van der Waals surface area contributed by atoms with Crippen LogP contribution in [0.15, 0.2) is 64.9 Å². The topological polar surface area (TPSA) is 81.4 Å². The normalized spacial score (nSPS) is 11.3. The first-order chi connectivity index (χ1) is 15.1. The van der Waals surface area contributed by atoms with E-state index in [-0.39, 0.29) is 11.7 Å². The number of aryl methyl sites for hydroxylation is 1. The molecule has 0 saturated carbocycles. The quantitative estimate of drug-likeness (QED) is 0.310. The van der Waals surface area contributed by atoms with E-state index in [0.29, 0.717) is 11.7 Å². The number of allylic oxidation sites excluding steroid dienone is 1. The molecule has 0 fully saturated rings. The smallest absolute Gasteiger partial charge is 0.250 e. The lowest BCUT2D eigenvalue weighted by Crippen LogP contribution is -2.19. The van der Waals surface area contributed by atoms with Gasteiger partial charge in [-0.15, -0.1) is 10.2 Å². The minimum atomic E-state index is -0.213. The molecule has 7 nitrogen and oxygen atoms in total. The van der Waals surface area contributed by atoms with Crippen LogP contribution in [0.3, 0.4) is 0 Å². The number of nitrogens with one attached hydrogen (secondary N) is 1. The first-order valence-corrected chi connectivity index (χ1v) is 10.9. The number of para-hydroxylation sites is 1. The standard InChI is InChI=1S/C23H25N5O2S/c1-4-28-22(19-13-11-17(2)12-14-19)26-27-23(28)31-16-21(29)25-24-15-7-9-18-8-5-6-10-20(18)30-3/h5-15H,4,16H2,1-3H3,(H,25,29)/b9-7-,24-15+. The van der Waals surface area contributed by atoms with Gasteiger partial charge in [-0.1, -0.05) is 59.8 Å². The molecule has 1 amide bonds. The van der Waals surface area contributed by atoms with Gasteiger partial charge < -0.3 is 9.30 Å². The first-order valence-electron chi connectivity index (χ1n) is 9.87. The summed E-state index contributed by atoms with van der Waals surface area (Å²) in [7, 11) is 1.63. The Kier molecular flexibility index (Phi) is 8.00. The van der Waals surface area contributed by atoms with Crippen molar-refractivity contribution < 1.29 is 9.53 Å². The number of hydrogen-bond acceptors (Lipinski definition) is 6. The first kappa shape index (κ1) is 22.3. The molecule has 0 aliphatic heterocycles. The maximum Gasteiger partial charge on any atom is 0.250 e. The summed E-state index contributed by atoms with van der Waals surface area (Å²) in [5.41, 5.74) is 5.64. The van der Waals surface area contributed by atoms with E-state index in [0.717, 1.165) is 22.7 Å². The van der Waals surface area contributed by atoms with Crippen LogP contribution in [0, 0.1) is 6.92 Å². The van der Waals surface area contributed by atoms with Crippen molar-refractivity contribution in [2.45, 2.75) is 25.5 Å².